The van der Waals surface area contributed by atoms with Crippen molar-refractivity contribution in [3.8, 4) is 5.75 Å². The molecule has 0 aromatic heterocycles. The molecular formula is C15H19NO4. The molecule has 1 fully saturated rings. The Bertz CT molecular complexity index is 497. The van der Waals surface area contributed by atoms with E-state index in [1.54, 1.807) is 12.0 Å². The lowest BCUT2D eigenvalue weighted by atomic mass is 10.2. The molecule has 2 unspecified atom stereocenters. The number of aliphatic carboxylic acids is 1. The van der Waals surface area contributed by atoms with E-state index >= 15 is 0 Å². The fraction of sp³-hybridized carbons (Fsp3) is 0.467. The summed E-state index contributed by atoms with van der Waals surface area (Å²) in [7, 11) is 1.61. The van der Waals surface area contributed by atoms with E-state index in [0.717, 1.165) is 11.3 Å². The molecule has 0 heterocycles. The Labute approximate surface area is 118 Å². The Morgan fingerprint density at radius 3 is 2.40 bits per heavy atom. The summed E-state index contributed by atoms with van der Waals surface area (Å²) in [5, 5.41) is 8.89. The maximum Gasteiger partial charge on any atom is 0.307 e. The SMILES string of the molecule is CCN(Cc1ccc(OC)cc1)C(=O)C1CC1C(=O)O. The Balaban J connectivity index is 1.98. The van der Waals surface area contributed by atoms with Crippen LogP contribution in [-0.4, -0.2) is 35.5 Å². The molecule has 108 valence electrons. The summed E-state index contributed by atoms with van der Waals surface area (Å²) in [5.41, 5.74) is 1.01. The van der Waals surface area contributed by atoms with Crippen LogP contribution in [-0.2, 0) is 16.1 Å². The van der Waals surface area contributed by atoms with E-state index in [-0.39, 0.29) is 11.8 Å². The Morgan fingerprint density at radius 2 is 1.95 bits per heavy atom. The van der Waals surface area contributed by atoms with Gasteiger partial charge in [0.2, 0.25) is 5.91 Å². The minimum atomic E-state index is -0.871. The van der Waals surface area contributed by atoms with Gasteiger partial charge in [-0.05, 0) is 31.0 Å². The predicted molar refractivity (Wildman–Crippen MR) is 73.3 cm³/mol. The molecule has 2 atom stereocenters. The fourth-order valence-corrected chi connectivity index (χ4v) is 2.27. The normalized spacial score (nSPS) is 20.3. The van der Waals surface area contributed by atoms with E-state index in [1.807, 2.05) is 31.2 Å². The third-order valence-corrected chi connectivity index (χ3v) is 3.65. The fourth-order valence-electron chi connectivity index (χ4n) is 2.27. The van der Waals surface area contributed by atoms with Crippen LogP contribution in [0.2, 0.25) is 0 Å². The quantitative estimate of drug-likeness (QED) is 0.860. The molecule has 2 rings (SSSR count). The summed E-state index contributed by atoms with van der Waals surface area (Å²) in [6, 6.07) is 7.53. The number of carboxylic acid groups (broad SMARTS) is 1. The van der Waals surface area contributed by atoms with Crippen molar-refractivity contribution in [1.29, 1.82) is 0 Å². The number of carboxylic acids is 1. The van der Waals surface area contributed by atoms with Crippen LogP contribution < -0.4 is 4.74 Å². The summed E-state index contributed by atoms with van der Waals surface area (Å²) in [5.74, 6) is -0.992. The van der Waals surface area contributed by atoms with Gasteiger partial charge in [0, 0.05) is 13.1 Å². The molecule has 1 aromatic rings. The smallest absolute Gasteiger partial charge is 0.307 e. The van der Waals surface area contributed by atoms with Crippen molar-refractivity contribution >= 4 is 11.9 Å². The standard InChI is InChI=1S/C15H19NO4/c1-3-16(14(17)12-8-13(12)15(18)19)9-10-4-6-11(20-2)7-5-10/h4-7,12-13H,3,8-9H2,1-2H3,(H,18,19). The second-order valence-corrected chi connectivity index (χ2v) is 4.99. The van der Waals surface area contributed by atoms with E-state index in [0.29, 0.717) is 19.5 Å². The number of hydrogen-bond acceptors (Lipinski definition) is 3. The van der Waals surface area contributed by atoms with Gasteiger partial charge in [-0.3, -0.25) is 9.59 Å². The minimum absolute atomic E-state index is 0.0595. The van der Waals surface area contributed by atoms with Crippen LogP contribution in [0, 0.1) is 11.8 Å². The Hall–Kier alpha value is -2.04. The van der Waals surface area contributed by atoms with Gasteiger partial charge in [-0.2, -0.15) is 0 Å². The summed E-state index contributed by atoms with van der Waals surface area (Å²) in [4.78, 5) is 24.8. The number of nitrogens with zero attached hydrogens (tertiary/aromatic N) is 1. The van der Waals surface area contributed by atoms with Gasteiger partial charge in [0.15, 0.2) is 0 Å². The molecule has 1 aliphatic carbocycles. The molecular weight excluding hydrogens is 258 g/mol. The van der Waals surface area contributed by atoms with Crippen molar-refractivity contribution in [1.82, 2.24) is 4.90 Å². The minimum Gasteiger partial charge on any atom is -0.497 e. The van der Waals surface area contributed by atoms with E-state index in [1.165, 1.54) is 0 Å². The van der Waals surface area contributed by atoms with Crippen LogP contribution in [0.25, 0.3) is 0 Å². The molecule has 0 bridgehead atoms. The van der Waals surface area contributed by atoms with E-state index < -0.39 is 11.9 Å². The second kappa shape index (κ2) is 5.94. The van der Waals surface area contributed by atoms with Gasteiger partial charge >= 0.3 is 5.97 Å². The molecule has 1 aromatic carbocycles. The number of rotatable bonds is 6. The highest BCUT2D eigenvalue weighted by molar-refractivity contribution is 5.89. The van der Waals surface area contributed by atoms with Crippen molar-refractivity contribution < 1.29 is 19.4 Å². The summed E-state index contributed by atoms with van der Waals surface area (Å²) in [6.07, 6.45) is 0.466. The molecule has 1 saturated carbocycles. The maximum absolute atomic E-state index is 12.2. The molecule has 0 aliphatic heterocycles. The van der Waals surface area contributed by atoms with Gasteiger partial charge < -0.3 is 14.7 Å². The zero-order chi connectivity index (χ0) is 14.7. The molecule has 1 N–H and O–H groups in total. The number of ether oxygens (including phenoxy) is 1. The monoisotopic (exact) mass is 277 g/mol. The van der Waals surface area contributed by atoms with E-state index in [9.17, 15) is 9.59 Å². The van der Waals surface area contributed by atoms with Crippen molar-refractivity contribution in [3.63, 3.8) is 0 Å². The number of carbonyl (C=O) groups is 2. The molecule has 5 nitrogen and oxygen atoms in total. The third-order valence-electron chi connectivity index (χ3n) is 3.65. The van der Waals surface area contributed by atoms with Crippen LogP contribution in [0.3, 0.4) is 0 Å². The highest BCUT2D eigenvalue weighted by atomic mass is 16.5. The van der Waals surface area contributed by atoms with E-state index in [4.69, 9.17) is 9.84 Å². The van der Waals surface area contributed by atoms with Crippen LogP contribution in [0.4, 0.5) is 0 Å². The lowest BCUT2D eigenvalue weighted by molar-refractivity contribution is -0.142. The number of benzene rings is 1. The predicted octanol–water partition coefficient (Wildman–Crippen LogP) is 1.76. The molecule has 20 heavy (non-hydrogen) atoms. The first kappa shape index (κ1) is 14.4. The molecule has 5 heteroatoms. The molecule has 1 aliphatic rings. The summed E-state index contributed by atoms with van der Waals surface area (Å²) in [6.45, 7) is 2.98. The Kier molecular flexibility index (Phi) is 4.27. The van der Waals surface area contributed by atoms with Crippen molar-refractivity contribution in [3.05, 3.63) is 29.8 Å². The van der Waals surface area contributed by atoms with Gasteiger partial charge in [0.1, 0.15) is 5.75 Å². The summed E-state index contributed by atoms with van der Waals surface area (Å²) < 4.78 is 5.09. The second-order valence-electron chi connectivity index (χ2n) is 4.99. The highest BCUT2D eigenvalue weighted by Gasteiger charge is 2.49. The van der Waals surface area contributed by atoms with Crippen molar-refractivity contribution in [2.75, 3.05) is 13.7 Å². The zero-order valence-corrected chi connectivity index (χ0v) is 11.7. The zero-order valence-electron chi connectivity index (χ0n) is 11.7. The third kappa shape index (κ3) is 3.10. The van der Waals surface area contributed by atoms with Gasteiger partial charge in [-0.25, -0.2) is 0 Å². The van der Waals surface area contributed by atoms with Crippen molar-refractivity contribution in [2.45, 2.75) is 19.9 Å². The average molecular weight is 277 g/mol. The summed E-state index contributed by atoms with van der Waals surface area (Å²) >= 11 is 0. The van der Waals surface area contributed by atoms with Crippen molar-refractivity contribution in [2.24, 2.45) is 11.8 Å². The largest absolute Gasteiger partial charge is 0.497 e. The number of hydrogen-bond donors (Lipinski definition) is 1. The van der Waals surface area contributed by atoms with Crippen LogP contribution >= 0.6 is 0 Å². The van der Waals surface area contributed by atoms with Gasteiger partial charge in [0.05, 0.1) is 18.9 Å². The molecule has 0 saturated heterocycles. The maximum atomic E-state index is 12.2. The topological polar surface area (TPSA) is 66.8 Å². The lowest BCUT2D eigenvalue weighted by Gasteiger charge is -2.21. The number of carbonyl (C=O) groups excluding carboxylic acids is 1. The first-order chi connectivity index (χ1) is 9.56. The lowest BCUT2D eigenvalue weighted by Crippen LogP contribution is -2.32. The highest BCUT2D eigenvalue weighted by Crippen LogP contribution is 2.40. The van der Waals surface area contributed by atoms with E-state index in [2.05, 4.69) is 0 Å². The van der Waals surface area contributed by atoms with Crippen LogP contribution in [0.15, 0.2) is 24.3 Å². The first-order valence-electron chi connectivity index (χ1n) is 6.71. The van der Waals surface area contributed by atoms with Gasteiger partial charge in [0.25, 0.3) is 0 Å². The van der Waals surface area contributed by atoms with Gasteiger partial charge in [-0.15, -0.1) is 0 Å². The van der Waals surface area contributed by atoms with Crippen LogP contribution in [0.1, 0.15) is 18.9 Å². The number of amides is 1. The molecule has 1 amide bonds. The molecule has 0 radical (unpaired) electrons. The molecule has 0 spiro atoms. The number of methoxy groups -OCH3 is 1. The Morgan fingerprint density at radius 1 is 1.30 bits per heavy atom. The first-order valence-corrected chi connectivity index (χ1v) is 6.71. The van der Waals surface area contributed by atoms with Gasteiger partial charge in [-0.1, -0.05) is 12.1 Å². The van der Waals surface area contributed by atoms with Crippen LogP contribution in [0.5, 0.6) is 5.75 Å². The average Bonchev–Trinajstić information content (AvgIpc) is 3.25.